The first kappa shape index (κ1) is 18.1. The Morgan fingerprint density at radius 1 is 1.17 bits per heavy atom. The van der Waals surface area contributed by atoms with Gasteiger partial charge in [-0.25, -0.2) is 8.78 Å². The molecule has 24 heavy (non-hydrogen) atoms. The summed E-state index contributed by atoms with van der Waals surface area (Å²) in [5.41, 5.74) is 0.412. The van der Waals surface area contributed by atoms with E-state index in [2.05, 4.69) is 0 Å². The zero-order valence-electron chi connectivity index (χ0n) is 13.1. The van der Waals surface area contributed by atoms with E-state index in [0.29, 0.717) is 5.56 Å². The van der Waals surface area contributed by atoms with E-state index in [-0.39, 0.29) is 31.8 Å². The molecule has 0 spiro atoms. The van der Waals surface area contributed by atoms with Crippen molar-refractivity contribution in [1.29, 1.82) is 0 Å². The van der Waals surface area contributed by atoms with Crippen LogP contribution < -0.4 is 0 Å². The van der Waals surface area contributed by atoms with Gasteiger partial charge < -0.3 is 10.0 Å². The summed E-state index contributed by atoms with van der Waals surface area (Å²) in [7, 11) is 0. The van der Waals surface area contributed by atoms with Crippen LogP contribution in [0.1, 0.15) is 21.7 Å². The van der Waals surface area contributed by atoms with Gasteiger partial charge in [0, 0.05) is 22.8 Å². The summed E-state index contributed by atoms with van der Waals surface area (Å²) in [6.45, 7) is 1.98. The van der Waals surface area contributed by atoms with E-state index in [1.54, 1.807) is 0 Å². The molecule has 0 atom stereocenters. The molecule has 4 nitrogen and oxygen atoms in total. The number of nitrogens with zero attached hydrogens (tertiary/aromatic N) is 1. The van der Waals surface area contributed by atoms with Gasteiger partial charge in [0.25, 0.3) is 0 Å². The van der Waals surface area contributed by atoms with E-state index in [0.717, 1.165) is 21.9 Å². The number of rotatable bonds is 7. The molecule has 1 aromatic heterocycles. The molecule has 0 aliphatic carbocycles. The van der Waals surface area contributed by atoms with E-state index in [4.69, 9.17) is 5.11 Å². The third kappa shape index (κ3) is 5.13. The number of amides is 1. The number of aryl methyl sites for hydroxylation is 1. The van der Waals surface area contributed by atoms with Gasteiger partial charge in [0.2, 0.25) is 5.91 Å². The van der Waals surface area contributed by atoms with Crippen molar-refractivity contribution in [2.75, 3.05) is 6.54 Å². The van der Waals surface area contributed by atoms with Crippen LogP contribution in [0.3, 0.4) is 0 Å². The quantitative estimate of drug-likeness (QED) is 0.830. The number of carbonyl (C=O) groups excluding carboxylic acids is 1. The number of hydrogen-bond acceptors (Lipinski definition) is 3. The van der Waals surface area contributed by atoms with Crippen LogP contribution in [0.2, 0.25) is 0 Å². The van der Waals surface area contributed by atoms with Crippen LogP contribution in [-0.4, -0.2) is 28.4 Å². The van der Waals surface area contributed by atoms with Gasteiger partial charge in [0.15, 0.2) is 11.6 Å². The molecule has 1 amide bonds. The maximum absolute atomic E-state index is 13.3. The summed E-state index contributed by atoms with van der Waals surface area (Å²) in [6, 6.07) is 7.16. The second kappa shape index (κ2) is 8.01. The first-order chi connectivity index (χ1) is 11.3. The van der Waals surface area contributed by atoms with Crippen molar-refractivity contribution in [1.82, 2.24) is 4.90 Å². The van der Waals surface area contributed by atoms with Crippen LogP contribution in [-0.2, 0) is 22.6 Å². The summed E-state index contributed by atoms with van der Waals surface area (Å²) < 4.78 is 26.3. The van der Waals surface area contributed by atoms with Crippen LogP contribution in [0.25, 0.3) is 0 Å². The van der Waals surface area contributed by atoms with E-state index < -0.39 is 17.6 Å². The molecule has 1 N–H and O–H groups in total. The average Bonchev–Trinajstić information content (AvgIpc) is 2.91. The van der Waals surface area contributed by atoms with Gasteiger partial charge >= 0.3 is 5.97 Å². The summed E-state index contributed by atoms with van der Waals surface area (Å²) in [5, 5.41) is 8.84. The monoisotopic (exact) mass is 353 g/mol. The zero-order chi connectivity index (χ0) is 17.7. The highest BCUT2D eigenvalue weighted by Gasteiger charge is 2.17. The first-order valence-corrected chi connectivity index (χ1v) is 8.15. The number of benzene rings is 1. The third-order valence-electron chi connectivity index (χ3n) is 3.43. The second-order valence-electron chi connectivity index (χ2n) is 5.40. The Balaban J connectivity index is 2.11. The summed E-state index contributed by atoms with van der Waals surface area (Å²) in [5.74, 6) is -3.23. The van der Waals surface area contributed by atoms with E-state index in [1.165, 1.54) is 22.3 Å². The predicted molar refractivity (Wildman–Crippen MR) is 86.8 cm³/mol. The molecule has 0 aliphatic rings. The minimum Gasteiger partial charge on any atom is -0.481 e. The number of halogens is 2. The molecule has 2 aromatic rings. The summed E-state index contributed by atoms with van der Waals surface area (Å²) >= 11 is 1.50. The Kier molecular flexibility index (Phi) is 6.03. The standard InChI is InChI=1S/C17H17F2NO3S/c1-11-2-4-13(24-11)9-16(21)20(7-6-17(22)23)10-12-3-5-14(18)15(19)8-12/h2-5,8H,6-7,9-10H2,1H3,(H,22,23). The Morgan fingerprint density at radius 3 is 2.50 bits per heavy atom. The van der Waals surface area contributed by atoms with Gasteiger partial charge in [0.1, 0.15) is 0 Å². The maximum atomic E-state index is 13.3. The molecule has 0 fully saturated rings. The number of thiophene rings is 1. The Labute approximate surface area is 142 Å². The van der Waals surface area contributed by atoms with E-state index in [9.17, 15) is 18.4 Å². The molecule has 7 heteroatoms. The minimum atomic E-state index is -1.02. The average molecular weight is 353 g/mol. The van der Waals surface area contributed by atoms with E-state index in [1.807, 2.05) is 19.1 Å². The molecule has 0 bridgehead atoms. The zero-order valence-corrected chi connectivity index (χ0v) is 13.9. The number of carbonyl (C=O) groups is 2. The van der Waals surface area contributed by atoms with Crippen LogP contribution >= 0.6 is 11.3 Å². The molecular formula is C17H17F2NO3S. The molecule has 0 unspecified atom stereocenters. The van der Waals surface area contributed by atoms with Crippen molar-refractivity contribution in [2.45, 2.75) is 26.3 Å². The molecule has 0 aliphatic heterocycles. The van der Waals surface area contributed by atoms with Crippen molar-refractivity contribution < 1.29 is 23.5 Å². The highest BCUT2D eigenvalue weighted by Crippen LogP contribution is 2.18. The second-order valence-corrected chi connectivity index (χ2v) is 6.77. The lowest BCUT2D eigenvalue weighted by atomic mass is 10.2. The largest absolute Gasteiger partial charge is 0.481 e. The lowest BCUT2D eigenvalue weighted by molar-refractivity contribution is -0.138. The Hall–Kier alpha value is -2.28. The number of aliphatic carboxylic acids is 1. The van der Waals surface area contributed by atoms with Gasteiger partial charge in [-0.1, -0.05) is 6.07 Å². The van der Waals surface area contributed by atoms with Gasteiger partial charge in [-0.3, -0.25) is 9.59 Å². The summed E-state index contributed by atoms with van der Waals surface area (Å²) in [4.78, 5) is 26.6. The fourth-order valence-corrected chi connectivity index (χ4v) is 3.10. The molecule has 1 heterocycles. The van der Waals surface area contributed by atoms with Crippen molar-refractivity contribution in [3.05, 3.63) is 57.3 Å². The molecular weight excluding hydrogens is 336 g/mol. The number of carboxylic acids is 1. The molecule has 2 rings (SSSR count). The lowest BCUT2D eigenvalue weighted by Crippen LogP contribution is -2.33. The third-order valence-corrected chi connectivity index (χ3v) is 4.43. The molecule has 0 saturated carbocycles. The Bertz CT molecular complexity index is 745. The van der Waals surface area contributed by atoms with Crippen LogP contribution in [0.5, 0.6) is 0 Å². The summed E-state index contributed by atoms with van der Waals surface area (Å²) in [6.07, 6.45) is -0.0549. The van der Waals surface area contributed by atoms with Crippen LogP contribution in [0.4, 0.5) is 8.78 Å². The smallest absolute Gasteiger partial charge is 0.305 e. The first-order valence-electron chi connectivity index (χ1n) is 7.34. The SMILES string of the molecule is Cc1ccc(CC(=O)N(CCC(=O)O)Cc2ccc(F)c(F)c2)s1. The minimum absolute atomic E-state index is 0.0114. The van der Waals surface area contributed by atoms with Crippen LogP contribution in [0.15, 0.2) is 30.3 Å². The topological polar surface area (TPSA) is 57.6 Å². The Morgan fingerprint density at radius 2 is 1.92 bits per heavy atom. The fourth-order valence-electron chi connectivity index (χ4n) is 2.22. The van der Waals surface area contributed by atoms with Gasteiger partial charge in [-0.2, -0.15) is 0 Å². The van der Waals surface area contributed by atoms with Gasteiger partial charge in [-0.15, -0.1) is 11.3 Å². The highest BCUT2D eigenvalue weighted by atomic mass is 32.1. The molecule has 0 saturated heterocycles. The molecule has 1 aromatic carbocycles. The lowest BCUT2D eigenvalue weighted by Gasteiger charge is -2.22. The molecule has 128 valence electrons. The predicted octanol–water partition coefficient (Wildman–Crippen LogP) is 3.38. The van der Waals surface area contributed by atoms with Crippen molar-refractivity contribution in [3.63, 3.8) is 0 Å². The maximum Gasteiger partial charge on any atom is 0.305 e. The molecule has 0 radical (unpaired) electrons. The van der Waals surface area contributed by atoms with Crippen molar-refractivity contribution in [3.8, 4) is 0 Å². The van der Waals surface area contributed by atoms with Gasteiger partial charge in [-0.05, 0) is 36.8 Å². The van der Waals surface area contributed by atoms with Crippen LogP contribution in [0, 0.1) is 18.6 Å². The number of carboxylic acid groups (broad SMARTS) is 1. The van der Waals surface area contributed by atoms with Crippen molar-refractivity contribution in [2.24, 2.45) is 0 Å². The van der Waals surface area contributed by atoms with Gasteiger partial charge in [0.05, 0.1) is 12.8 Å². The van der Waals surface area contributed by atoms with E-state index >= 15 is 0 Å². The fraction of sp³-hybridized carbons (Fsp3) is 0.294. The van der Waals surface area contributed by atoms with Crippen molar-refractivity contribution >= 4 is 23.2 Å². The normalized spacial score (nSPS) is 10.6. The highest BCUT2D eigenvalue weighted by molar-refractivity contribution is 7.12. The number of hydrogen-bond donors (Lipinski definition) is 1.